The molecule has 0 radical (unpaired) electrons. The Labute approximate surface area is 176 Å². The summed E-state index contributed by atoms with van der Waals surface area (Å²) in [6, 6.07) is 11.6. The fourth-order valence-electron chi connectivity index (χ4n) is 2.45. The van der Waals surface area contributed by atoms with Crippen LogP contribution in [-0.2, 0) is 4.79 Å². The van der Waals surface area contributed by atoms with E-state index >= 15 is 0 Å². The first-order valence-corrected chi connectivity index (χ1v) is 9.54. The van der Waals surface area contributed by atoms with Gasteiger partial charge in [-0.3, -0.25) is 9.69 Å². The van der Waals surface area contributed by atoms with Crippen LogP contribution in [0.4, 0.5) is 5.69 Å². The Balaban J connectivity index is 1.83. The van der Waals surface area contributed by atoms with Crippen LogP contribution in [0, 0.1) is 12.3 Å². The molecule has 0 aromatic heterocycles. The van der Waals surface area contributed by atoms with Gasteiger partial charge in [0, 0.05) is 7.05 Å². The van der Waals surface area contributed by atoms with E-state index in [2.05, 4.69) is 10.9 Å². The van der Waals surface area contributed by atoms with Crippen molar-refractivity contribution in [2.24, 2.45) is 4.99 Å². The maximum absolute atomic E-state index is 12.5. The summed E-state index contributed by atoms with van der Waals surface area (Å²) in [4.78, 5) is 30.1. The minimum absolute atomic E-state index is 0.0478. The fraction of sp³-hybridized carbons (Fsp3) is 0.0952. The molecule has 2 aromatic rings. The van der Waals surface area contributed by atoms with Gasteiger partial charge in [-0.1, -0.05) is 29.7 Å². The highest BCUT2D eigenvalue weighted by molar-refractivity contribution is 8.18. The Kier molecular flexibility index (Phi) is 6.27. The van der Waals surface area contributed by atoms with E-state index in [0.717, 1.165) is 5.56 Å². The lowest BCUT2D eigenvalue weighted by Crippen LogP contribution is -2.23. The van der Waals surface area contributed by atoms with Crippen molar-refractivity contribution in [2.75, 3.05) is 13.7 Å². The molecule has 6 nitrogen and oxygen atoms in total. The maximum atomic E-state index is 12.5. The quantitative estimate of drug-likeness (QED) is 0.570. The Bertz CT molecular complexity index is 1070. The number of likely N-dealkylation sites (N-methyl/N-ethyl adjacent to an activating group) is 1. The van der Waals surface area contributed by atoms with Crippen molar-refractivity contribution in [1.82, 2.24) is 4.90 Å². The smallest absolute Gasteiger partial charge is 0.337 e. The highest BCUT2D eigenvalue weighted by Crippen LogP contribution is 2.34. The summed E-state index contributed by atoms with van der Waals surface area (Å²) in [5.41, 5.74) is 1.17. The molecule has 0 bridgehead atoms. The SMILES string of the molecule is C#CCOc1ccc(C=C2SC(=Nc3ccc(Cl)c(C(=O)O)c3)N(C)C2=O)cc1. The van der Waals surface area contributed by atoms with Gasteiger partial charge in [-0.2, -0.15) is 0 Å². The number of carbonyl (C=O) groups excluding carboxylic acids is 1. The summed E-state index contributed by atoms with van der Waals surface area (Å²) in [7, 11) is 1.61. The van der Waals surface area contributed by atoms with Gasteiger partial charge in [-0.25, -0.2) is 9.79 Å². The number of thioether (sulfide) groups is 1. The molecule has 2 aromatic carbocycles. The van der Waals surface area contributed by atoms with Crippen molar-refractivity contribution in [3.63, 3.8) is 0 Å². The van der Waals surface area contributed by atoms with Crippen LogP contribution in [0.15, 0.2) is 52.4 Å². The van der Waals surface area contributed by atoms with Gasteiger partial charge < -0.3 is 9.84 Å². The summed E-state index contributed by atoms with van der Waals surface area (Å²) in [6.07, 6.45) is 6.92. The molecule has 1 aliphatic heterocycles. The minimum Gasteiger partial charge on any atom is -0.481 e. The van der Waals surface area contributed by atoms with E-state index in [1.165, 1.54) is 28.8 Å². The van der Waals surface area contributed by atoms with Crippen molar-refractivity contribution in [3.8, 4) is 18.1 Å². The van der Waals surface area contributed by atoms with Gasteiger partial charge in [0.2, 0.25) is 0 Å². The number of hydrogen-bond acceptors (Lipinski definition) is 5. The number of carboxylic acids is 1. The summed E-state index contributed by atoms with van der Waals surface area (Å²) in [5, 5.41) is 9.75. The molecule has 0 unspecified atom stereocenters. The maximum Gasteiger partial charge on any atom is 0.337 e. The fourth-order valence-corrected chi connectivity index (χ4v) is 3.63. The van der Waals surface area contributed by atoms with Gasteiger partial charge in [0.05, 0.1) is 21.2 Å². The van der Waals surface area contributed by atoms with E-state index < -0.39 is 5.97 Å². The van der Waals surface area contributed by atoms with Crippen LogP contribution in [0.25, 0.3) is 6.08 Å². The third-order valence-electron chi connectivity index (χ3n) is 3.91. The highest BCUT2D eigenvalue weighted by Gasteiger charge is 2.30. The lowest BCUT2D eigenvalue weighted by atomic mass is 10.2. The van der Waals surface area contributed by atoms with Gasteiger partial charge in [0.1, 0.15) is 12.4 Å². The molecule has 0 spiro atoms. The van der Waals surface area contributed by atoms with E-state index in [1.807, 2.05) is 12.1 Å². The van der Waals surface area contributed by atoms with E-state index in [-0.39, 0.29) is 23.1 Å². The lowest BCUT2D eigenvalue weighted by Gasteiger charge is -2.07. The van der Waals surface area contributed by atoms with Gasteiger partial charge in [0.15, 0.2) is 5.17 Å². The van der Waals surface area contributed by atoms with Crippen LogP contribution in [0.5, 0.6) is 5.75 Å². The number of amidine groups is 1. The van der Waals surface area contributed by atoms with E-state index in [1.54, 1.807) is 31.3 Å². The average Bonchev–Trinajstić information content (AvgIpc) is 2.96. The molecule has 29 heavy (non-hydrogen) atoms. The number of halogens is 1. The van der Waals surface area contributed by atoms with Crippen LogP contribution in [-0.4, -0.2) is 40.7 Å². The number of hydrogen-bond donors (Lipinski definition) is 1. The van der Waals surface area contributed by atoms with Crippen LogP contribution in [0.2, 0.25) is 5.02 Å². The second-order valence-electron chi connectivity index (χ2n) is 5.90. The monoisotopic (exact) mass is 426 g/mol. The molecule has 0 aliphatic carbocycles. The van der Waals surface area contributed by atoms with E-state index in [0.29, 0.717) is 21.5 Å². The molecule has 1 heterocycles. The number of nitrogens with zero attached hydrogens (tertiary/aromatic N) is 2. The Hall–Kier alpha value is -3.21. The first-order valence-electron chi connectivity index (χ1n) is 8.34. The number of aliphatic imine (C=N–C) groups is 1. The normalized spacial score (nSPS) is 16.3. The van der Waals surface area contributed by atoms with E-state index in [9.17, 15) is 14.7 Å². The van der Waals surface area contributed by atoms with Crippen LogP contribution in [0.3, 0.4) is 0 Å². The molecule has 1 N–H and O–H groups in total. The molecule has 146 valence electrons. The number of terminal acetylenes is 1. The standard InChI is InChI=1S/C21H15ClN2O4S/c1-3-10-28-15-7-4-13(5-8-15)11-18-19(25)24(2)21(29-18)23-14-6-9-17(22)16(12-14)20(26)27/h1,4-9,11-12H,10H2,2H3,(H,26,27). The Morgan fingerprint density at radius 2 is 2.07 bits per heavy atom. The molecule has 1 aliphatic rings. The van der Waals surface area contributed by atoms with Gasteiger partial charge in [-0.15, -0.1) is 6.42 Å². The number of benzene rings is 2. The van der Waals surface area contributed by atoms with Crippen molar-refractivity contribution in [2.45, 2.75) is 0 Å². The molecular weight excluding hydrogens is 412 g/mol. The third kappa shape index (κ3) is 4.80. The number of rotatable bonds is 5. The molecule has 1 saturated heterocycles. The van der Waals surface area contributed by atoms with Crippen LogP contribution in [0.1, 0.15) is 15.9 Å². The number of carbonyl (C=O) groups is 2. The number of ether oxygens (including phenoxy) is 1. The second-order valence-corrected chi connectivity index (χ2v) is 7.32. The van der Waals surface area contributed by atoms with Gasteiger partial charge in [0.25, 0.3) is 5.91 Å². The zero-order valence-corrected chi connectivity index (χ0v) is 16.8. The van der Waals surface area contributed by atoms with Crippen molar-refractivity contribution in [3.05, 3.63) is 63.5 Å². The first kappa shape index (κ1) is 20.5. The predicted octanol–water partition coefficient (Wildman–Crippen LogP) is 4.28. The predicted molar refractivity (Wildman–Crippen MR) is 115 cm³/mol. The number of aromatic carboxylic acids is 1. The van der Waals surface area contributed by atoms with Gasteiger partial charge >= 0.3 is 5.97 Å². The van der Waals surface area contributed by atoms with Crippen molar-refractivity contribution in [1.29, 1.82) is 0 Å². The van der Waals surface area contributed by atoms with Gasteiger partial charge in [-0.05, 0) is 53.7 Å². The topological polar surface area (TPSA) is 79.2 Å². The van der Waals surface area contributed by atoms with Crippen molar-refractivity contribution < 1.29 is 19.4 Å². The summed E-state index contributed by atoms with van der Waals surface area (Å²) < 4.78 is 5.33. The second kappa shape index (κ2) is 8.86. The summed E-state index contributed by atoms with van der Waals surface area (Å²) >= 11 is 7.09. The molecule has 0 saturated carbocycles. The van der Waals surface area contributed by atoms with E-state index in [4.69, 9.17) is 22.8 Å². The molecule has 1 amide bonds. The first-order chi connectivity index (χ1) is 13.9. The van der Waals surface area contributed by atoms with Crippen LogP contribution >= 0.6 is 23.4 Å². The zero-order valence-electron chi connectivity index (χ0n) is 15.3. The Morgan fingerprint density at radius 1 is 1.34 bits per heavy atom. The zero-order chi connectivity index (χ0) is 21.0. The molecule has 3 rings (SSSR count). The number of carboxylic acid groups (broad SMARTS) is 1. The van der Waals surface area contributed by atoms with Crippen LogP contribution < -0.4 is 4.74 Å². The molecule has 0 atom stereocenters. The van der Waals surface area contributed by atoms with Crippen molar-refractivity contribution >= 4 is 52.2 Å². The minimum atomic E-state index is -1.14. The largest absolute Gasteiger partial charge is 0.481 e. The highest BCUT2D eigenvalue weighted by atomic mass is 35.5. The summed E-state index contributed by atoms with van der Waals surface area (Å²) in [6.45, 7) is 0.188. The summed E-state index contributed by atoms with van der Waals surface area (Å²) in [5.74, 6) is 1.70. The Morgan fingerprint density at radius 3 is 2.72 bits per heavy atom. The molecule has 1 fully saturated rings. The average molecular weight is 427 g/mol. The lowest BCUT2D eigenvalue weighted by molar-refractivity contribution is -0.121. The third-order valence-corrected chi connectivity index (χ3v) is 5.30. The molecular formula is C21H15ClN2O4S. The molecule has 8 heteroatoms. The number of amides is 1.